The summed E-state index contributed by atoms with van der Waals surface area (Å²) in [6, 6.07) is -0.907. The van der Waals surface area contributed by atoms with E-state index in [2.05, 4.69) is 26.1 Å². The fourth-order valence-electron chi connectivity index (χ4n) is 2.25. The van der Waals surface area contributed by atoms with Gasteiger partial charge >= 0.3 is 12.0 Å². The van der Waals surface area contributed by atoms with Gasteiger partial charge in [0.1, 0.15) is 6.04 Å². The van der Waals surface area contributed by atoms with Gasteiger partial charge < -0.3 is 15.3 Å². The average molecular weight is 270 g/mol. The predicted octanol–water partition coefficient (Wildman–Crippen LogP) is 2.46. The van der Waals surface area contributed by atoms with Gasteiger partial charge in [0.15, 0.2) is 0 Å². The van der Waals surface area contributed by atoms with Gasteiger partial charge in [0.2, 0.25) is 0 Å². The molecule has 2 N–H and O–H groups in total. The molecule has 0 aromatic rings. The van der Waals surface area contributed by atoms with E-state index in [1.165, 1.54) is 4.90 Å². The quantitative estimate of drug-likeness (QED) is 0.827. The Morgan fingerprint density at radius 1 is 1.26 bits per heavy atom. The van der Waals surface area contributed by atoms with Crippen LogP contribution in [0.1, 0.15) is 52.9 Å². The number of nitrogens with one attached hydrogen (secondary N) is 1. The third-order valence-corrected chi connectivity index (χ3v) is 3.45. The Bertz CT molecular complexity index is 323. The van der Waals surface area contributed by atoms with Gasteiger partial charge in [-0.05, 0) is 24.7 Å². The number of carboxylic acids is 1. The molecule has 0 bridgehead atoms. The van der Waals surface area contributed by atoms with Gasteiger partial charge in [-0.25, -0.2) is 9.59 Å². The minimum atomic E-state index is -0.895. The van der Waals surface area contributed by atoms with Crippen molar-refractivity contribution in [3.05, 3.63) is 0 Å². The first-order chi connectivity index (χ1) is 8.81. The summed E-state index contributed by atoms with van der Waals surface area (Å²) in [5.74, 6) is -0.895. The number of urea groups is 1. The van der Waals surface area contributed by atoms with E-state index < -0.39 is 12.0 Å². The van der Waals surface area contributed by atoms with Crippen LogP contribution < -0.4 is 5.32 Å². The van der Waals surface area contributed by atoms with Crippen LogP contribution in [0.3, 0.4) is 0 Å². The summed E-state index contributed by atoms with van der Waals surface area (Å²) in [6.45, 7) is 7.48. The molecule has 0 aromatic heterocycles. The standard InChI is InChI=1S/C14H26N2O3/c1-14(2,3)8-9-15-13(19)16-10-6-4-5-7-11(16)12(17)18/h11H,4-10H2,1-3H3,(H,15,19)(H,17,18). The molecule has 0 radical (unpaired) electrons. The van der Waals surface area contributed by atoms with Gasteiger partial charge in [-0.2, -0.15) is 0 Å². The molecule has 1 heterocycles. The summed E-state index contributed by atoms with van der Waals surface area (Å²) in [4.78, 5) is 24.8. The lowest BCUT2D eigenvalue weighted by atomic mass is 9.92. The SMILES string of the molecule is CC(C)(C)CCNC(=O)N1CCCCCC1C(=O)O. The zero-order chi connectivity index (χ0) is 14.5. The molecule has 2 amide bonds. The lowest BCUT2D eigenvalue weighted by Gasteiger charge is -2.28. The van der Waals surface area contributed by atoms with Crippen LogP contribution >= 0.6 is 0 Å². The number of hydrogen-bond donors (Lipinski definition) is 2. The maximum Gasteiger partial charge on any atom is 0.326 e. The van der Waals surface area contributed by atoms with Crippen LogP contribution in [0.2, 0.25) is 0 Å². The monoisotopic (exact) mass is 270 g/mol. The minimum Gasteiger partial charge on any atom is -0.480 e. The minimum absolute atomic E-state index is 0.165. The molecular weight excluding hydrogens is 244 g/mol. The number of likely N-dealkylation sites (tertiary alicyclic amines) is 1. The fourth-order valence-corrected chi connectivity index (χ4v) is 2.25. The molecule has 1 rings (SSSR count). The lowest BCUT2D eigenvalue weighted by molar-refractivity contribution is -0.142. The summed E-state index contributed by atoms with van der Waals surface area (Å²) in [7, 11) is 0. The highest BCUT2D eigenvalue weighted by Gasteiger charge is 2.30. The second-order valence-corrected chi connectivity index (χ2v) is 6.44. The third kappa shape index (κ3) is 5.49. The maximum absolute atomic E-state index is 12.1. The summed E-state index contributed by atoms with van der Waals surface area (Å²) in [5.41, 5.74) is 0.165. The molecule has 1 fully saturated rings. The summed E-state index contributed by atoms with van der Waals surface area (Å²) in [6.07, 6.45) is 4.20. The Kier molecular flexibility index (Phi) is 5.63. The van der Waals surface area contributed by atoms with Crippen molar-refractivity contribution in [1.82, 2.24) is 10.2 Å². The van der Waals surface area contributed by atoms with Crippen molar-refractivity contribution in [3.8, 4) is 0 Å². The van der Waals surface area contributed by atoms with Crippen molar-refractivity contribution in [2.75, 3.05) is 13.1 Å². The van der Waals surface area contributed by atoms with Gasteiger partial charge in [-0.3, -0.25) is 0 Å². The first-order valence-electron chi connectivity index (χ1n) is 7.08. The van der Waals surface area contributed by atoms with Crippen molar-refractivity contribution >= 4 is 12.0 Å². The van der Waals surface area contributed by atoms with E-state index in [1.807, 2.05) is 0 Å². The molecule has 1 aliphatic heterocycles. The van der Waals surface area contributed by atoms with Crippen LogP contribution in [0.15, 0.2) is 0 Å². The van der Waals surface area contributed by atoms with E-state index in [0.717, 1.165) is 25.7 Å². The number of carbonyl (C=O) groups excluding carboxylic acids is 1. The van der Waals surface area contributed by atoms with Gasteiger partial charge in [0.05, 0.1) is 0 Å². The Morgan fingerprint density at radius 2 is 1.95 bits per heavy atom. The Balaban J connectivity index is 2.54. The zero-order valence-corrected chi connectivity index (χ0v) is 12.2. The van der Waals surface area contributed by atoms with Crippen LogP contribution in [-0.4, -0.2) is 41.1 Å². The number of carboxylic acid groups (broad SMARTS) is 1. The van der Waals surface area contributed by atoms with Crippen LogP contribution in [0.5, 0.6) is 0 Å². The molecule has 0 saturated carbocycles. The third-order valence-electron chi connectivity index (χ3n) is 3.45. The van der Waals surface area contributed by atoms with Gasteiger partial charge in [0, 0.05) is 13.1 Å². The number of amides is 2. The maximum atomic E-state index is 12.1. The Morgan fingerprint density at radius 3 is 2.53 bits per heavy atom. The molecular formula is C14H26N2O3. The number of aliphatic carboxylic acids is 1. The predicted molar refractivity (Wildman–Crippen MR) is 74.1 cm³/mol. The highest BCUT2D eigenvalue weighted by atomic mass is 16.4. The first-order valence-corrected chi connectivity index (χ1v) is 7.08. The highest BCUT2D eigenvalue weighted by molar-refractivity contribution is 5.82. The first kappa shape index (κ1) is 15.8. The second kappa shape index (κ2) is 6.78. The zero-order valence-electron chi connectivity index (χ0n) is 12.2. The molecule has 1 unspecified atom stereocenters. The largest absolute Gasteiger partial charge is 0.480 e. The molecule has 19 heavy (non-hydrogen) atoms. The summed E-state index contributed by atoms with van der Waals surface area (Å²) < 4.78 is 0. The van der Waals surface area contributed by atoms with E-state index in [4.69, 9.17) is 0 Å². The fraction of sp³-hybridized carbons (Fsp3) is 0.857. The molecule has 5 heteroatoms. The van der Waals surface area contributed by atoms with Crippen molar-refractivity contribution < 1.29 is 14.7 Å². The second-order valence-electron chi connectivity index (χ2n) is 6.44. The molecule has 1 atom stereocenters. The topological polar surface area (TPSA) is 69.6 Å². The molecule has 0 spiro atoms. The normalized spacial score (nSPS) is 20.8. The smallest absolute Gasteiger partial charge is 0.326 e. The van der Waals surface area contributed by atoms with Gasteiger partial charge in [-0.15, -0.1) is 0 Å². The van der Waals surface area contributed by atoms with E-state index >= 15 is 0 Å². The van der Waals surface area contributed by atoms with Crippen LogP contribution in [0, 0.1) is 5.41 Å². The van der Waals surface area contributed by atoms with Crippen LogP contribution in [0.25, 0.3) is 0 Å². The van der Waals surface area contributed by atoms with Crippen molar-refractivity contribution in [2.24, 2.45) is 5.41 Å². The van der Waals surface area contributed by atoms with Crippen molar-refractivity contribution in [3.63, 3.8) is 0 Å². The van der Waals surface area contributed by atoms with E-state index in [1.54, 1.807) is 0 Å². The lowest BCUT2D eigenvalue weighted by Crippen LogP contribution is -2.49. The molecule has 1 saturated heterocycles. The molecule has 0 aliphatic carbocycles. The van der Waals surface area contributed by atoms with E-state index in [-0.39, 0.29) is 11.4 Å². The van der Waals surface area contributed by atoms with Crippen LogP contribution in [-0.2, 0) is 4.79 Å². The number of rotatable bonds is 3. The van der Waals surface area contributed by atoms with Gasteiger partial charge in [0.25, 0.3) is 0 Å². The molecule has 1 aliphatic rings. The van der Waals surface area contributed by atoms with Crippen molar-refractivity contribution in [2.45, 2.75) is 58.9 Å². The Hall–Kier alpha value is -1.26. The molecule has 110 valence electrons. The number of nitrogens with zero attached hydrogens (tertiary/aromatic N) is 1. The van der Waals surface area contributed by atoms with Crippen molar-refractivity contribution in [1.29, 1.82) is 0 Å². The van der Waals surface area contributed by atoms with E-state index in [9.17, 15) is 14.7 Å². The molecule has 5 nitrogen and oxygen atoms in total. The average Bonchev–Trinajstić information content (AvgIpc) is 2.52. The number of hydrogen-bond acceptors (Lipinski definition) is 2. The Labute approximate surface area is 115 Å². The van der Waals surface area contributed by atoms with E-state index in [0.29, 0.717) is 19.5 Å². The summed E-state index contributed by atoms with van der Waals surface area (Å²) in [5, 5.41) is 12.1. The van der Waals surface area contributed by atoms with Crippen LogP contribution in [0.4, 0.5) is 4.79 Å². The molecule has 0 aromatic carbocycles. The number of carbonyl (C=O) groups is 2. The highest BCUT2D eigenvalue weighted by Crippen LogP contribution is 2.19. The van der Waals surface area contributed by atoms with Gasteiger partial charge in [-0.1, -0.05) is 33.6 Å². The summed E-state index contributed by atoms with van der Waals surface area (Å²) >= 11 is 0.